The Balaban J connectivity index is 2.22. The maximum Gasteiger partial charge on any atom is 0.129 e. The molecular weight excluding hydrogens is 316 g/mol. The first-order chi connectivity index (χ1) is 9.60. The lowest BCUT2D eigenvalue weighted by atomic mass is 10.0. The van der Waals surface area contributed by atoms with Crippen molar-refractivity contribution in [3.8, 4) is 0 Å². The Morgan fingerprint density at radius 2 is 2.05 bits per heavy atom. The van der Waals surface area contributed by atoms with Crippen LogP contribution in [0.2, 0.25) is 9.36 Å². The third-order valence-electron chi connectivity index (χ3n) is 3.01. The standard InChI is InChI=1S/C15H16Cl2FNS/c1-2-7-19-14(9-11-4-6-15(17)20-11)12-5-3-10(16)8-13(12)18/h3-6,8,14,19H,2,7,9H2,1H3. The van der Waals surface area contributed by atoms with Gasteiger partial charge in [0.2, 0.25) is 0 Å². The number of halogens is 3. The van der Waals surface area contributed by atoms with Gasteiger partial charge in [0.15, 0.2) is 0 Å². The number of thiophene rings is 1. The molecule has 1 atom stereocenters. The molecule has 0 bridgehead atoms. The molecule has 1 heterocycles. The molecule has 20 heavy (non-hydrogen) atoms. The molecule has 1 nitrogen and oxygen atoms in total. The predicted molar refractivity (Wildman–Crippen MR) is 85.5 cm³/mol. The van der Waals surface area contributed by atoms with E-state index < -0.39 is 0 Å². The number of hydrogen-bond acceptors (Lipinski definition) is 2. The molecule has 0 fully saturated rings. The first-order valence-electron chi connectivity index (χ1n) is 6.52. The summed E-state index contributed by atoms with van der Waals surface area (Å²) in [5, 5.41) is 3.80. The van der Waals surface area contributed by atoms with Crippen LogP contribution in [0.25, 0.3) is 0 Å². The molecule has 0 aliphatic heterocycles. The van der Waals surface area contributed by atoms with Crippen LogP contribution in [0.15, 0.2) is 30.3 Å². The second-order valence-electron chi connectivity index (χ2n) is 4.58. The summed E-state index contributed by atoms with van der Waals surface area (Å²) in [6.45, 7) is 2.93. The summed E-state index contributed by atoms with van der Waals surface area (Å²) in [6, 6.07) is 8.63. The van der Waals surface area contributed by atoms with E-state index in [1.54, 1.807) is 12.1 Å². The van der Waals surface area contributed by atoms with E-state index in [0.29, 0.717) is 10.6 Å². The Morgan fingerprint density at radius 3 is 2.65 bits per heavy atom. The topological polar surface area (TPSA) is 12.0 Å². The first kappa shape index (κ1) is 15.8. The van der Waals surface area contributed by atoms with Gasteiger partial charge < -0.3 is 5.32 Å². The van der Waals surface area contributed by atoms with Crippen molar-refractivity contribution in [3.63, 3.8) is 0 Å². The summed E-state index contributed by atoms with van der Waals surface area (Å²) in [7, 11) is 0. The molecule has 2 rings (SSSR count). The first-order valence-corrected chi connectivity index (χ1v) is 8.10. The molecular formula is C15H16Cl2FNS. The second kappa shape index (κ2) is 7.41. The minimum Gasteiger partial charge on any atom is -0.310 e. The Kier molecular flexibility index (Phi) is 5.85. The molecule has 0 radical (unpaired) electrons. The Labute approximate surface area is 132 Å². The van der Waals surface area contributed by atoms with Crippen molar-refractivity contribution in [1.82, 2.24) is 5.32 Å². The fraction of sp³-hybridized carbons (Fsp3) is 0.333. The van der Waals surface area contributed by atoms with E-state index >= 15 is 0 Å². The van der Waals surface area contributed by atoms with Crippen LogP contribution in [0.4, 0.5) is 4.39 Å². The number of rotatable bonds is 6. The van der Waals surface area contributed by atoms with Gasteiger partial charge >= 0.3 is 0 Å². The van der Waals surface area contributed by atoms with E-state index in [9.17, 15) is 4.39 Å². The molecule has 0 saturated carbocycles. The molecule has 108 valence electrons. The normalized spacial score (nSPS) is 12.6. The lowest BCUT2D eigenvalue weighted by Gasteiger charge is -2.19. The number of nitrogens with one attached hydrogen (secondary N) is 1. The predicted octanol–water partition coefficient (Wildman–Crippen LogP) is 5.48. The van der Waals surface area contributed by atoms with Crippen molar-refractivity contribution in [2.75, 3.05) is 6.54 Å². The summed E-state index contributed by atoms with van der Waals surface area (Å²) in [5.74, 6) is -0.270. The highest BCUT2D eigenvalue weighted by molar-refractivity contribution is 7.16. The molecule has 5 heteroatoms. The van der Waals surface area contributed by atoms with Gasteiger partial charge in [-0.25, -0.2) is 4.39 Å². The average Bonchev–Trinajstić information content (AvgIpc) is 2.80. The molecule has 1 aromatic heterocycles. The van der Waals surface area contributed by atoms with Crippen LogP contribution >= 0.6 is 34.5 Å². The maximum atomic E-state index is 14.1. The Bertz CT molecular complexity index is 571. The lowest BCUT2D eigenvalue weighted by Crippen LogP contribution is -2.24. The average molecular weight is 332 g/mol. The van der Waals surface area contributed by atoms with Gasteiger partial charge in [0.1, 0.15) is 5.82 Å². The van der Waals surface area contributed by atoms with Crippen LogP contribution < -0.4 is 5.32 Å². The molecule has 0 amide bonds. The number of benzene rings is 1. The van der Waals surface area contributed by atoms with Gasteiger partial charge in [-0.15, -0.1) is 11.3 Å². The third-order valence-corrected chi connectivity index (χ3v) is 4.50. The summed E-state index contributed by atoms with van der Waals surface area (Å²) in [6.07, 6.45) is 1.72. The second-order valence-corrected chi connectivity index (χ2v) is 6.82. The summed E-state index contributed by atoms with van der Waals surface area (Å²) >= 11 is 13.3. The molecule has 0 saturated heterocycles. The van der Waals surface area contributed by atoms with Crippen LogP contribution in [0, 0.1) is 5.82 Å². The van der Waals surface area contributed by atoms with Crippen LogP contribution in [0.1, 0.15) is 29.8 Å². The van der Waals surface area contributed by atoms with Crippen molar-refractivity contribution in [2.24, 2.45) is 0 Å². The van der Waals surface area contributed by atoms with Crippen molar-refractivity contribution in [2.45, 2.75) is 25.8 Å². The Hall–Kier alpha value is -0.610. The fourth-order valence-corrected chi connectivity index (χ4v) is 3.35. The molecule has 1 N–H and O–H groups in total. The van der Waals surface area contributed by atoms with Gasteiger partial charge in [0.25, 0.3) is 0 Å². The van der Waals surface area contributed by atoms with E-state index in [1.165, 1.54) is 17.4 Å². The number of hydrogen-bond donors (Lipinski definition) is 1. The largest absolute Gasteiger partial charge is 0.310 e. The summed E-state index contributed by atoms with van der Waals surface area (Å²) in [5.41, 5.74) is 0.646. The zero-order chi connectivity index (χ0) is 14.5. The van der Waals surface area contributed by atoms with Crippen molar-refractivity contribution in [3.05, 3.63) is 55.9 Å². The minimum absolute atomic E-state index is 0.0677. The molecule has 1 aromatic carbocycles. The van der Waals surface area contributed by atoms with E-state index in [1.807, 2.05) is 12.1 Å². The zero-order valence-electron chi connectivity index (χ0n) is 11.1. The van der Waals surface area contributed by atoms with Crippen molar-refractivity contribution >= 4 is 34.5 Å². The monoisotopic (exact) mass is 331 g/mol. The molecule has 1 unspecified atom stereocenters. The highest BCUT2D eigenvalue weighted by Crippen LogP contribution is 2.28. The quantitative estimate of drug-likeness (QED) is 0.739. The van der Waals surface area contributed by atoms with E-state index in [4.69, 9.17) is 23.2 Å². The third kappa shape index (κ3) is 4.19. The van der Waals surface area contributed by atoms with Crippen LogP contribution in [-0.4, -0.2) is 6.54 Å². The van der Waals surface area contributed by atoms with Gasteiger partial charge in [0, 0.05) is 27.9 Å². The van der Waals surface area contributed by atoms with Crippen molar-refractivity contribution < 1.29 is 4.39 Å². The molecule has 0 aliphatic rings. The van der Waals surface area contributed by atoms with Gasteiger partial charge in [-0.05, 0) is 37.2 Å². The SMILES string of the molecule is CCCNC(Cc1ccc(Cl)s1)c1ccc(Cl)cc1F. The van der Waals surface area contributed by atoms with Crippen LogP contribution in [-0.2, 0) is 6.42 Å². The molecule has 0 aliphatic carbocycles. The summed E-state index contributed by atoms with van der Waals surface area (Å²) in [4.78, 5) is 1.14. The van der Waals surface area contributed by atoms with Gasteiger partial charge in [-0.1, -0.05) is 36.2 Å². The Morgan fingerprint density at radius 1 is 1.25 bits per heavy atom. The smallest absolute Gasteiger partial charge is 0.129 e. The summed E-state index contributed by atoms with van der Waals surface area (Å²) < 4.78 is 14.8. The van der Waals surface area contributed by atoms with E-state index in [2.05, 4.69) is 12.2 Å². The van der Waals surface area contributed by atoms with E-state index in [-0.39, 0.29) is 11.9 Å². The minimum atomic E-state index is -0.270. The molecule has 2 aromatic rings. The van der Waals surface area contributed by atoms with Crippen LogP contribution in [0.3, 0.4) is 0 Å². The highest BCUT2D eigenvalue weighted by Gasteiger charge is 2.17. The van der Waals surface area contributed by atoms with Gasteiger partial charge in [-0.3, -0.25) is 0 Å². The lowest BCUT2D eigenvalue weighted by molar-refractivity contribution is 0.499. The maximum absolute atomic E-state index is 14.1. The van der Waals surface area contributed by atoms with Gasteiger partial charge in [-0.2, -0.15) is 0 Å². The van der Waals surface area contributed by atoms with E-state index in [0.717, 1.165) is 28.6 Å². The molecule has 0 spiro atoms. The highest BCUT2D eigenvalue weighted by atomic mass is 35.5. The van der Waals surface area contributed by atoms with Crippen molar-refractivity contribution in [1.29, 1.82) is 0 Å². The fourth-order valence-electron chi connectivity index (χ4n) is 2.06. The van der Waals surface area contributed by atoms with Crippen LogP contribution in [0.5, 0.6) is 0 Å². The van der Waals surface area contributed by atoms with Gasteiger partial charge in [0.05, 0.1) is 4.34 Å². The zero-order valence-corrected chi connectivity index (χ0v) is 13.5.